The maximum absolute atomic E-state index is 11.3. The predicted molar refractivity (Wildman–Crippen MR) is 134 cm³/mol. The van der Waals surface area contributed by atoms with Crippen LogP contribution in [-0.4, -0.2) is 36.3 Å². The van der Waals surface area contributed by atoms with Crippen LogP contribution in [0.15, 0.2) is 66.7 Å². The van der Waals surface area contributed by atoms with Crippen molar-refractivity contribution < 1.29 is 19.4 Å². The molecule has 0 spiro atoms. The van der Waals surface area contributed by atoms with E-state index < -0.39 is 5.97 Å². The van der Waals surface area contributed by atoms with Crippen LogP contribution in [0.25, 0.3) is 0 Å². The van der Waals surface area contributed by atoms with Crippen molar-refractivity contribution >= 4 is 34.6 Å². The van der Waals surface area contributed by atoms with Crippen molar-refractivity contribution in [3.63, 3.8) is 0 Å². The summed E-state index contributed by atoms with van der Waals surface area (Å²) in [4.78, 5) is 14.2. The average Bonchev–Trinajstić information content (AvgIpc) is 3.24. The molecule has 1 aliphatic heterocycles. The van der Waals surface area contributed by atoms with Crippen LogP contribution in [0.1, 0.15) is 27.9 Å². The summed E-state index contributed by atoms with van der Waals surface area (Å²) >= 11 is 5.53. The fourth-order valence-corrected chi connectivity index (χ4v) is 4.10. The molecular weight excluding hydrogens is 436 g/mol. The zero-order valence-electron chi connectivity index (χ0n) is 18.4. The zero-order valence-corrected chi connectivity index (χ0v) is 19.2. The standard InChI is InChI=1S/C26H26N2O4S/c1-31-24-10-7-20(26(29)30)16-22(24)27-25(33)12-14-28-13-11-19-15-21(8-9-23(19)28)32-17-18-5-3-2-4-6-18/h2-10,15-16H,11-14,17H2,1H3,(H,27,33)(H,29,30). The molecule has 0 fully saturated rings. The van der Waals surface area contributed by atoms with Crippen LogP contribution in [0.5, 0.6) is 11.5 Å². The number of fused-ring (bicyclic) bond motifs is 1. The fourth-order valence-electron chi connectivity index (χ4n) is 3.90. The molecule has 2 N–H and O–H groups in total. The Morgan fingerprint density at radius 1 is 1.12 bits per heavy atom. The lowest BCUT2D eigenvalue weighted by atomic mass is 10.1. The SMILES string of the molecule is COc1ccc(C(=O)O)cc1NC(=S)CCN1CCc2cc(OCc3ccccc3)ccc21. The summed E-state index contributed by atoms with van der Waals surface area (Å²) in [6.45, 7) is 2.25. The molecule has 33 heavy (non-hydrogen) atoms. The minimum atomic E-state index is -0.993. The van der Waals surface area contributed by atoms with Crippen molar-refractivity contribution in [3.05, 3.63) is 83.4 Å². The highest BCUT2D eigenvalue weighted by molar-refractivity contribution is 7.80. The van der Waals surface area contributed by atoms with Crippen LogP contribution in [0.4, 0.5) is 11.4 Å². The van der Waals surface area contributed by atoms with Crippen molar-refractivity contribution in [1.29, 1.82) is 0 Å². The molecule has 7 heteroatoms. The van der Waals surface area contributed by atoms with Gasteiger partial charge in [-0.05, 0) is 53.9 Å². The number of nitrogens with one attached hydrogen (secondary N) is 1. The summed E-state index contributed by atoms with van der Waals surface area (Å²) in [5.41, 5.74) is 4.36. The maximum atomic E-state index is 11.3. The lowest BCUT2D eigenvalue weighted by molar-refractivity contribution is 0.0697. The van der Waals surface area contributed by atoms with Gasteiger partial charge in [-0.25, -0.2) is 4.79 Å². The zero-order chi connectivity index (χ0) is 23.2. The Hall–Kier alpha value is -3.58. The van der Waals surface area contributed by atoms with Crippen molar-refractivity contribution in [1.82, 2.24) is 0 Å². The first-order chi connectivity index (χ1) is 16.0. The van der Waals surface area contributed by atoms with E-state index in [2.05, 4.69) is 34.5 Å². The van der Waals surface area contributed by atoms with Crippen LogP contribution in [0.3, 0.4) is 0 Å². The summed E-state index contributed by atoms with van der Waals surface area (Å²) in [6, 6.07) is 21.0. The molecule has 6 nitrogen and oxygen atoms in total. The summed E-state index contributed by atoms with van der Waals surface area (Å²) in [5, 5.41) is 12.4. The predicted octanol–water partition coefficient (Wildman–Crippen LogP) is 5.16. The van der Waals surface area contributed by atoms with Crippen LogP contribution in [0.2, 0.25) is 0 Å². The van der Waals surface area contributed by atoms with Gasteiger partial charge in [-0.1, -0.05) is 42.5 Å². The van der Waals surface area contributed by atoms with Gasteiger partial charge in [0.1, 0.15) is 18.1 Å². The number of aromatic carboxylic acids is 1. The van der Waals surface area contributed by atoms with Gasteiger partial charge in [0.25, 0.3) is 0 Å². The first kappa shape index (κ1) is 22.6. The molecule has 0 aliphatic carbocycles. The van der Waals surface area contributed by atoms with Crippen molar-refractivity contribution in [2.75, 3.05) is 30.4 Å². The molecule has 0 radical (unpaired) electrons. The quantitative estimate of drug-likeness (QED) is 0.425. The number of methoxy groups -OCH3 is 1. The largest absolute Gasteiger partial charge is 0.495 e. The molecule has 0 bridgehead atoms. The van der Waals surface area contributed by atoms with E-state index in [1.165, 1.54) is 23.4 Å². The molecule has 0 saturated heterocycles. The first-order valence-corrected chi connectivity index (χ1v) is 11.2. The van der Waals surface area contributed by atoms with E-state index in [0.717, 1.165) is 30.8 Å². The Kier molecular flexibility index (Phi) is 7.10. The number of nitrogens with zero attached hydrogens (tertiary/aromatic N) is 1. The average molecular weight is 463 g/mol. The third-order valence-corrected chi connectivity index (χ3v) is 5.93. The molecule has 0 unspecified atom stereocenters. The van der Waals surface area contributed by atoms with Gasteiger partial charge in [-0.3, -0.25) is 0 Å². The molecule has 1 aliphatic rings. The van der Waals surface area contributed by atoms with Crippen LogP contribution in [-0.2, 0) is 13.0 Å². The van der Waals surface area contributed by atoms with Crippen LogP contribution < -0.4 is 19.7 Å². The Morgan fingerprint density at radius 3 is 2.70 bits per heavy atom. The van der Waals surface area contributed by atoms with Crippen molar-refractivity contribution in [3.8, 4) is 11.5 Å². The molecule has 0 saturated carbocycles. The second-order valence-electron chi connectivity index (χ2n) is 7.82. The highest BCUT2D eigenvalue weighted by Gasteiger charge is 2.20. The van der Waals surface area contributed by atoms with E-state index in [-0.39, 0.29) is 5.56 Å². The number of benzene rings is 3. The molecular formula is C26H26N2O4S. The minimum Gasteiger partial charge on any atom is -0.495 e. The first-order valence-electron chi connectivity index (χ1n) is 10.8. The third kappa shape index (κ3) is 5.62. The van der Waals surface area contributed by atoms with Gasteiger partial charge >= 0.3 is 5.97 Å². The molecule has 4 rings (SSSR count). The van der Waals surface area contributed by atoms with E-state index in [0.29, 0.717) is 29.5 Å². The Bertz CT molecular complexity index is 1150. The molecule has 0 amide bonds. The summed E-state index contributed by atoms with van der Waals surface area (Å²) < 4.78 is 11.3. The number of carbonyl (C=O) groups is 1. The Labute approximate surface area is 198 Å². The smallest absolute Gasteiger partial charge is 0.335 e. The monoisotopic (exact) mass is 462 g/mol. The molecule has 1 heterocycles. The van der Waals surface area contributed by atoms with E-state index in [1.54, 1.807) is 13.2 Å². The van der Waals surface area contributed by atoms with Gasteiger partial charge < -0.3 is 24.8 Å². The molecule has 170 valence electrons. The number of carboxylic acids is 1. The van der Waals surface area contributed by atoms with Crippen molar-refractivity contribution in [2.24, 2.45) is 0 Å². The summed E-state index contributed by atoms with van der Waals surface area (Å²) in [6.07, 6.45) is 1.61. The molecule has 0 atom stereocenters. The number of rotatable bonds is 9. The lowest BCUT2D eigenvalue weighted by Crippen LogP contribution is -2.25. The normalized spacial score (nSPS) is 12.2. The van der Waals surface area contributed by atoms with Crippen LogP contribution in [0, 0.1) is 0 Å². The maximum Gasteiger partial charge on any atom is 0.335 e. The van der Waals surface area contributed by atoms with Gasteiger partial charge in [-0.2, -0.15) is 0 Å². The van der Waals surface area contributed by atoms with Gasteiger partial charge in [0.2, 0.25) is 0 Å². The van der Waals surface area contributed by atoms with E-state index in [9.17, 15) is 9.90 Å². The number of hydrogen-bond acceptors (Lipinski definition) is 5. The Balaban J connectivity index is 1.34. The summed E-state index contributed by atoms with van der Waals surface area (Å²) in [5.74, 6) is 0.436. The molecule has 3 aromatic carbocycles. The van der Waals surface area contributed by atoms with E-state index >= 15 is 0 Å². The van der Waals surface area contributed by atoms with Crippen molar-refractivity contribution in [2.45, 2.75) is 19.4 Å². The second kappa shape index (κ2) is 10.4. The highest BCUT2D eigenvalue weighted by Crippen LogP contribution is 2.32. The van der Waals surface area contributed by atoms with Gasteiger partial charge in [0.15, 0.2) is 0 Å². The Morgan fingerprint density at radius 2 is 1.94 bits per heavy atom. The minimum absolute atomic E-state index is 0.180. The number of carboxylic acid groups (broad SMARTS) is 1. The second-order valence-corrected chi connectivity index (χ2v) is 8.31. The number of hydrogen-bond donors (Lipinski definition) is 2. The van der Waals surface area contributed by atoms with Gasteiger partial charge in [0, 0.05) is 25.2 Å². The van der Waals surface area contributed by atoms with Gasteiger partial charge in [-0.15, -0.1) is 0 Å². The molecule has 3 aromatic rings. The summed E-state index contributed by atoms with van der Waals surface area (Å²) in [7, 11) is 1.54. The van der Waals surface area contributed by atoms with E-state index in [1.807, 2.05) is 24.3 Å². The highest BCUT2D eigenvalue weighted by atomic mass is 32.1. The number of ether oxygens (including phenoxy) is 2. The molecule has 0 aromatic heterocycles. The van der Waals surface area contributed by atoms with Crippen LogP contribution >= 0.6 is 12.2 Å². The number of thiocarbonyl (C=S) groups is 1. The number of anilines is 2. The topological polar surface area (TPSA) is 71.0 Å². The fraction of sp³-hybridized carbons (Fsp3) is 0.231. The van der Waals surface area contributed by atoms with E-state index in [4.69, 9.17) is 21.7 Å². The van der Waals surface area contributed by atoms with Gasteiger partial charge in [0.05, 0.1) is 23.3 Å². The lowest BCUT2D eigenvalue weighted by Gasteiger charge is -2.20. The third-order valence-electron chi connectivity index (χ3n) is 5.62.